The summed E-state index contributed by atoms with van der Waals surface area (Å²) in [5, 5.41) is 2.97. The number of rotatable bonds is 7. The quantitative estimate of drug-likeness (QED) is 0.341. The summed E-state index contributed by atoms with van der Waals surface area (Å²) in [7, 11) is 3.32. The smallest absolute Gasteiger partial charge is 0.255 e. The van der Waals surface area contributed by atoms with Crippen molar-refractivity contribution in [2.75, 3.05) is 19.5 Å². The topological polar surface area (TPSA) is 60.5 Å². The SMILES string of the molecule is COc1ccc(OC)c(CSc2nc3ccc(NC(=O)c4ccc(C)cc4)cc3s2)c1. The number of nitrogens with one attached hydrogen (secondary N) is 1. The van der Waals surface area contributed by atoms with Gasteiger partial charge >= 0.3 is 0 Å². The van der Waals surface area contributed by atoms with Gasteiger partial charge in [-0.3, -0.25) is 4.79 Å². The Bertz CT molecular complexity index is 1220. The Morgan fingerprint density at radius 1 is 1.03 bits per heavy atom. The first-order valence-electron chi connectivity index (χ1n) is 9.68. The molecule has 4 aromatic rings. The van der Waals surface area contributed by atoms with E-state index in [2.05, 4.69) is 5.32 Å². The van der Waals surface area contributed by atoms with E-state index in [9.17, 15) is 4.79 Å². The number of thioether (sulfide) groups is 1. The van der Waals surface area contributed by atoms with E-state index in [1.807, 2.05) is 67.6 Å². The summed E-state index contributed by atoms with van der Waals surface area (Å²) >= 11 is 3.26. The van der Waals surface area contributed by atoms with Gasteiger partial charge in [-0.25, -0.2) is 4.98 Å². The number of aryl methyl sites for hydroxylation is 1. The molecule has 0 bridgehead atoms. The van der Waals surface area contributed by atoms with Crippen molar-refractivity contribution in [1.82, 2.24) is 4.98 Å². The van der Waals surface area contributed by atoms with E-state index in [1.165, 1.54) is 0 Å². The number of amides is 1. The molecule has 0 unspecified atom stereocenters. The van der Waals surface area contributed by atoms with E-state index >= 15 is 0 Å². The van der Waals surface area contributed by atoms with Crippen LogP contribution in [0.1, 0.15) is 21.5 Å². The summed E-state index contributed by atoms with van der Waals surface area (Å²) in [4.78, 5) is 17.2. The summed E-state index contributed by atoms with van der Waals surface area (Å²) < 4.78 is 12.8. The van der Waals surface area contributed by atoms with Crippen LogP contribution in [0.15, 0.2) is 65.0 Å². The van der Waals surface area contributed by atoms with Crippen LogP contribution in [0.5, 0.6) is 11.5 Å². The number of carbonyl (C=O) groups is 1. The number of anilines is 1. The van der Waals surface area contributed by atoms with Gasteiger partial charge in [0.05, 0.1) is 24.4 Å². The highest BCUT2D eigenvalue weighted by Crippen LogP contribution is 2.35. The molecule has 158 valence electrons. The Morgan fingerprint density at radius 3 is 2.58 bits per heavy atom. The van der Waals surface area contributed by atoms with Crippen LogP contribution >= 0.6 is 23.1 Å². The molecule has 5 nitrogen and oxygen atoms in total. The van der Waals surface area contributed by atoms with Gasteiger partial charge in [0.2, 0.25) is 0 Å². The second kappa shape index (κ2) is 9.41. The molecule has 1 heterocycles. The van der Waals surface area contributed by atoms with E-state index < -0.39 is 0 Å². The van der Waals surface area contributed by atoms with Crippen LogP contribution in [-0.4, -0.2) is 25.1 Å². The fourth-order valence-electron chi connectivity index (χ4n) is 3.09. The number of thiazole rings is 1. The standard InChI is InChI=1S/C24H22N2O3S2/c1-15-4-6-16(7-5-15)23(27)25-18-8-10-20-22(13-18)31-24(26-20)30-14-17-12-19(28-2)9-11-21(17)29-3/h4-13H,14H2,1-3H3,(H,25,27). The van der Waals surface area contributed by atoms with Gasteiger partial charge in [0, 0.05) is 22.6 Å². The molecule has 1 N–H and O–H groups in total. The molecule has 0 aliphatic rings. The van der Waals surface area contributed by atoms with Gasteiger partial charge < -0.3 is 14.8 Å². The Kier molecular flexibility index (Phi) is 6.44. The first-order valence-corrected chi connectivity index (χ1v) is 11.5. The van der Waals surface area contributed by atoms with Gasteiger partial charge in [0.1, 0.15) is 11.5 Å². The number of carbonyl (C=O) groups excluding carboxylic acids is 1. The molecule has 1 aromatic heterocycles. The molecule has 31 heavy (non-hydrogen) atoms. The molecule has 0 atom stereocenters. The molecular formula is C24H22N2O3S2. The van der Waals surface area contributed by atoms with Crippen molar-refractivity contribution in [3.63, 3.8) is 0 Å². The first-order chi connectivity index (χ1) is 15.1. The number of hydrogen-bond donors (Lipinski definition) is 1. The Hall–Kier alpha value is -3.03. The fraction of sp³-hybridized carbons (Fsp3) is 0.167. The molecule has 7 heteroatoms. The van der Waals surface area contributed by atoms with Crippen LogP contribution in [0.2, 0.25) is 0 Å². The predicted molar refractivity (Wildman–Crippen MR) is 128 cm³/mol. The largest absolute Gasteiger partial charge is 0.497 e. The lowest BCUT2D eigenvalue weighted by atomic mass is 10.1. The molecular weight excluding hydrogens is 428 g/mol. The van der Waals surface area contributed by atoms with Crippen molar-refractivity contribution in [1.29, 1.82) is 0 Å². The molecule has 3 aromatic carbocycles. The van der Waals surface area contributed by atoms with Gasteiger partial charge in [-0.1, -0.05) is 29.5 Å². The Labute approximate surface area is 189 Å². The minimum absolute atomic E-state index is 0.122. The minimum Gasteiger partial charge on any atom is -0.497 e. The molecule has 0 aliphatic heterocycles. The van der Waals surface area contributed by atoms with E-state index in [-0.39, 0.29) is 5.91 Å². The zero-order valence-electron chi connectivity index (χ0n) is 17.5. The summed E-state index contributed by atoms with van der Waals surface area (Å²) in [6, 6.07) is 19.1. The number of ether oxygens (including phenoxy) is 2. The summed E-state index contributed by atoms with van der Waals surface area (Å²) in [5.41, 5.74) is 4.49. The second-order valence-corrected chi connectivity index (χ2v) is 9.20. The highest BCUT2D eigenvalue weighted by molar-refractivity contribution is 8.00. The fourth-order valence-corrected chi connectivity index (χ4v) is 5.17. The average Bonchev–Trinajstić information content (AvgIpc) is 3.20. The molecule has 0 spiro atoms. The minimum atomic E-state index is -0.122. The van der Waals surface area contributed by atoms with Crippen molar-refractivity contribution in [2.24, 2.45) is 0 Å². The third-order valence-electron chi connectivity index (χ3n) is 4.78. The molecule has 0 saturated carbocycles. The third kappa shape index (κ3) is 5.00. The summed E-state index contributed by atoms with van der Waals surface area (Å²) in [6.07, 6.45) is 0. The lowest BCUT2D eigenvalue weighted by molar-refractivity contribution is 0.102. The van der Waals surface area contributed by atoms with Gasteiger partial charge in [-0.2, -0.15) is 0 Å². The van der Waals surface area contributed by atoms with Crippen molar-refractivity contribution >= 4 is 44.9 Å². The van der Waals surface area contributed by atoms with Crippen molar-refractivity contribution in [2.45, 2.75) is 17.0 Å². The molecule has 0 saturated heterocycles. The van der Waals surface area contributed by atoms with E-state index in [4.69, 9.17) is 14.5 Å². The van der Waals surface area contributed by atoms with E-state index in [0.29, 0.717) is 5.56 Å². The van der Waals surface area contributed by atoms with Crippen LogP contribution in [0.3, 0.4) is 0 Å². The predicted octanol–water partition coefficient (Wildman–Crippen LogP) is 6.17. The lowest BCUT2D eigenvalue weighted by Gasteiger charge is -2.09. The number of nitrogens with zero attached hydrogens (tertiary/aromatic N) is 1. The van der Waals surface area contributed by atoms with Crippen molar-refractivity contribution in [3.05, 3.63) is 77.4 Å². The van der Waals surface area contributed by atoms with E-state index in [1.54, 1.807) is 37.3 Å². The number of fused-ring (bicyclic) bond motifs is 1. The second-order valence-electron chi connectivity index (χ2n) is 6.95. The molecule has 0 fully saturated rings. The molecule has 1 amide bonds. The molecule has 0 aliphatic carbocycles. The highest BCUT2D eigenvalue weighted by atomic mass is 32.2. The van der Waals surface area contributed by atoms with Crippen LogP contribution in [-0.2, 0) is 5.75 Å². The van der Waals surface area contributed by atoms with Crippen LogP contribution in [0.25, 0.3) is 10.2 Å². The number of methoxy groups -OCH3 is 2. The molecule has 0 radical (unpaired) electrons. The maximum Gasteiger partial charge on any atom is 0.255 e. The van der Waals surface area contributed by atoms with Crippen LogP contribution in [0, 0.1) is 6.92 Å². The monoisotopic (exact) mass is 450 g/mol. The van der Waals surface area contributed by atoms with Gasteiger partial charge in [-0.15, -0.1) is 11.3 Å². The average molecular weight is 451 g/mol. The van der Waals surface area contributed by atoms with Gasteiger partial charge in [0.15, 0.2) is 4.34 Å². The number of benzene rings is 3. The van der Waals surface area contributed by atoms with Crippen molar-refractivity contribution < 1.29 is 14.3 Å². The third-order valence-corrected chi connectivity index (χ3v) is 6.99. The zero-order chi connectivity index (χ0) is 21.8. The molecule has 4 rings (SSSR count). The maximum atomic E-state index is 12.5. The van der Waals surface area contributed by atoms with Crippen LogP contribution < -0.4 is 14.8 Å². The Morgan fingerprint density at radius 2 is 1.84 bits per heavy atom. The van der Waals surface area contributed by atoms with E-state index in [0.717, 1.165) is 48.6 Å². The summed E-state index contributed by atoms with van der Waals surface area (Å²) in [6.45, 7) is 2.00. The van der Waals surface area contributed by atoms with Crippen LogP contribution in [0.4, 0.5) is 5.69 Å². The zero-order valence-corrected chi connectivity index (χ0v) is 19.1. The normalized spacial score (nSPS) is 10.8. The number of aromatic nitrogens is 1. The lowest BCUT2D eigenvalue weighted by Crippen LogP contribution is -2.11. The Balaban J connectivity index is 1.48. The van der Waals surface area contributed by atoms with Gasteiger partial charge in [0.25, 0.3) is 5.91 Å². The highest BCUT2D eigenvalue weighted by Gasteiger charge is 2.11. The number of hydrogen-bond acceptors (Lipinski definition) is 6. The summed E-state index contributed by atoms with van der Waals surface area (Å²) in [5.74, 6) is 2.23. The maximum absolute atomic E-state index is 12.5. The first kappa shape index (κ1) is 21.2. The van der Waals surface area contributed by atoms with Gasteiger partial charge in [-0.05, 0) is 55.5 Å². The van der Waals surface area contributed by atoms with Crippen molar-refractivity contribution in [3.8, 4) is 11.5 Å².